The van der Waals surface area contributed by atoms with Crippen molar-refractivity contribution in [1.29, 1.82) is 0 Å². The van der Waals surface area contributed by atoms with E-state index < -0.39 is 0 Å². The summed E-state index contributed by atoms with van der Waals surface area (Å²) in [7, 11) is 1.61. The Hall–Kier alpha value is -1.46. The molecule has 2 bridgehead atoms. The van der Waals surface area contributed by atoms with Crippen LogP contribution in [0.1, 0.15) is 43.5 Å². The van der Waals surface area contributed by atoms with E-state index in [9.17, 15) is 4.79 Å². The van der Waals surface area contributed by atoms with E-state index in [0.717, 1.165) is 32.4 Å². The summed E-state index contributed by atoms with van der Waals surface area (Å²) in [4.78, 5) is 15.1. The lowest BCUT2D eigenvalue weighted by atomic mass is 10.1. The standard InChI is InChI=1S/C18H26N2O3.ClH/c1-12(2)23-16-7-4-13(10-17(16)22-3)18(21)20-14-5-6-15(20)11-19-9-8-14;/h4,7,10,12,14-15,19H,5-6,8-9,11H2,1-3H3;1H. The van der Waals surface area contributed by atoms with Gasteiger partial charge in [-0.25, -0.2) is 0 Å². The van der Waals surface area contributed by atoms with Crippen LogP contribution >= 0.6 is 12.4 Å². The Bertz CT molecular complexity index is 565. The maximum Gasteiger partial charge on any atom is 0.254 e. The third-order valence-corrected chi connectivity index (χ3v) is 4.66. The maximum atomic E-state index is 13.0. The molecule has 2 saturated heterocycles. The molecule has 0 aliphatic carbocycles. The average molecular weight is 355 g/mol. The number of amides is 1. The first kappa shape index (κ1) is 18.9. The lowest BCUT2D eigenvalue weighted by Gasteiger charge is -2.28. The van der Waals surface area contributed by atoms with Gasteiger partial charge in [0.2, 0.25) is 0 Å². The molecule has 0 spiro atoms. The zero-order valence-electron chi connectivity index (χ0n) is 14.6. The van der Waals surface area contributed by atoms with Gasteiger partial charge in [0.05, 0.1) is 13.2 Å². The summed E-state index contributed by atoms with van der Waals surface area (Å²) in [5.41, 5.74) is 0.678. The Balaban J connectivity index is 0.00000208. The Kier molecular flexibility index (Phi) is 6.35. The lowest BCUT2D eigenvalue weighted by Crippen LogP contribution is -2.42. The first-order valence-corrected chi connectivity index (χ1v) is 8.48. The smallest absolute Gasteiger partial charge is 0.254 e. The van der Waals surface area contributed by atoms with Crippen molar-refractivity contribution in [2.75, 3.05) is 20.2 Å². The van der Waals surface area contributed by atoms with Crippen molar-refractivity contribution in [2.45, 2.75) is 51.3 Å². The topological polar surface area (TPSA) is 50.8 Å². The molecule has 0 saturated carbocycles. The van der Waals surface area contributed by atoms with Crippen molar-refractivity contribution in [1.82, 2.24) is 10.2 Å². The summed E-state index contributed by atoms with van der Waals surface area (Å²) in [5.74, 6) is 1.40. The van der Waals surface area contributed by atoms with Crippen molar-refractivity contribution in [2.24, 2.45) is 0 Å². The molecular weight excluding hydrogens is 328 g/mol. The zero-order chi connectivity index (χ0) is 16.4. The van der Waals surface area contributed by atoms with Gasteiger partial charge >= 0.3 is 0 Å². The minimum Gasteiger partial charge on any atom is -0.493 e. The molecule has 1 aromatic carbocycles. The van der Waals surface area contributed by atoms with Crippen LogP contribution in [0.15, 0.2) is 18.2 Å². The van der Waals surface area contributed by atoms with Crippen LogP contribution in [0.2, 0.25) is 0 Å². The fourth-order valence-electron chi connectivity index (χ4n) is 3.61. The monoisotopic (exact) mass is 354 g/mol. The molecule has 2 unspecified atom stereocenters. The number of rotatable bonds is 4. The first-order valence-electron chi connectivity index (χ1n) is 8.48. The second kappa shape index (κ2) is 8.08. The SMILES string of the molecule is COc1cc(C(=O)N2C3CCNCC2CC3)ccc1OC(C)C.Cl. The molecule has 2 heterocycles. The van der Waals surface area contributed by atoms with E-state index in [4.69, 9.17) is 9.47 Å². The van der Waals surface area contributed by atoms with Crippen molar-refractivity contribution in [3.05, 3.63) is 23.8 Å². The van der Waals surface area contributed by atoms with Gasteiger partial charge in [-0.15, -0.1) is 12.4 Å². The van der Waals surface area contributed by atoms with E-state index >= 15 is 0 Å². The highest BCUT2D eigenvalue weighted by Gasteiger charge is 2.38. The van der Waals surface area contributed by atoms with Gasteiger partial charge in [-0.3, -0.25) is 4.79 Å². The molecule has 3 rings (SSSR count). The molecule has 1 N–H and O–H groups in total. The zero-order valence-corrected chi connectivity index (χ0v) is 15.4. The minimum atomic E-state index is 0. The van der Waals surface area contributed by atoms with Crippen LogP contribution in [-0.4, -0.2) is 49.2 Å². The molecule has 2 fully saturated rings. The molecular formula is C18H27ClN2O3. The Labute approximate surface area is 150 Å². The van der Waals surface area contributed by atoms with Gasteiger partial charge in [-0.05, 0) is 57.9 Å². The van der Waals surface area contributed by atoms with Gasteiger partial charge in [-0.2, -0.15) is 0 Å². The Morgan fingerprint density at radius 1 is 1.21 bits per heavy atom. The second-order valence-corrected chi connectivity index (χ2v) is 6.62. The van der Waals surface area contributed by atoms with E-state index in [0.29, 0.717) is 29.1 Å². The fourth-order valence-corrected chi connectivity index (χ4v) is 3.61. The minimum absolute atomic E-state index is 0. The number of hydrogen-bond acceptors (Lipinski definition) is 4. The Morgan fingerprint density at radius 3 is 2.67 bits per heavy atom. The molecule has 2 aliphatic rings. The van der Waals surface area contributed by atoms with Gasteiger partial charge in [-0.1, -0.05) is 0 Å². The molecule has 24 heavy (non-hydrogen) atoms. The van der Waals surface area contributed by atoms with Crippen LogP contribution in [0, 0.1) is 0 Å². The number of methoxy groups -OCH3 is 1. The molecule has 0 radical (unpaired) electrons. The average Bonchev–Trinajstić information content (AvgIpc) is 2.79. The summed E-state index contributed by atoms with van der Waals surface area (Å²) in [6.07, 6.45) is 3.31. The predicted molar refractivity (Wildman–Crippen MR) is 96.5 cm³/mol. The van der Waals surface area contributed by atoms with Gasteiger partial charge in [0.25, 0.3) is 5.91 Å². The van der Waals surface area contributed by atoms with Gasteiger partial charge in [0, 0.05) is 24.2 Å². The number of carbonyl (C=O) groups excluding carboxylic acids is 1. The maximum absolute atomic E-state index is 13.0. The summed E-state index contributed by atoms with van der Waals surface area (Å²) < 4.78 is 11.1. The summed E-state index contributed by atoms with van der Waals surface area (Å²) in [6, 6.07) is 6.16. The third-order valence-electron chi connectivity index (χ3n) is 4.66. The van der Waals surface area contributed by atoms with E-state index in [1.165, 1.54) is 0 Å². The normalized spacial score (nSPS) is 22.8. The molecule has 0 aromatic heterocycles. The number of hydrogen-bond donors (Lipinski definition) is 1. The van der Waals surface area contributed by atoms with E-state index in [-0.39, 0.29) is 24.4 Å². The quantitative estimate of drug-likeness (QED) is 0.903. The van der Waals surface area contributed by atoms with Crippen LogP contribution in [0.3, 0.4) is 0 Å². The number of ether oxygens (including phenoxy) is 2. The van der Waals surface area contributed by atoms with Gasteiger partial charge in [0.15, 0.2) is 11.5 Å². The highest BCUT2D eigenvalue weighted by atomic mass is 35.5. The van der Waals surface area contributed by atoms with Gasteiger partial charge in [0.1, 0.15) is 0 Å². The number of halogens is 1. The van der Waals surface area contributed by atoms with Crippen molar-refractivity contribution >= 4 is 18.3 Å². The largest absolute Gasteiger partial charge is 0.493 e. The van der Waals surface area contributed by atoms with E-state index in [1.807, 2.05) is 26.0 Å². The lowest BCUT2D eigenvalue weighted by molar-refractivity contribution is 0.0680. The van der Waals surface area contributed by atoms with Gasteiger partial charge < -0.3 is 19.7 Å². The highest BCUT2D eigenvalue weighted by Crippen LogP contribution is 2.33. The summed E-state index contributed by atoms with van der Waals surface area (Å²) in [5, 5.41) is 3.43. The third kappa shape index (κ3) is 3.78. The summed E-state index contributed by atoms with van der Waals surface area (Å²) in [6.45, 7) is 5.84. The second-order valence-electron chi connectivity index (χ2n) is 6.62. The number of nitrogens with zero attached hydrogens (tertiary/aromatic N) is 1. The van der Waals surface area contributed by atoms with Crippen LogP contribution in [0.25, 0.3) is 0 Å². The molecule has 1 aromatic rings. The Morgan fingerprint density at radius 2 is 1.96 bits per heavy atom. The first-order chi connectivity index (χ1) is 11.1. The van der Waals surface area contributed by atoms with Crippen molar-refractivity contribution in [3.63, 3.8) is 0 Å². The number of benzene rings is 1. The van der Waals surface area contributed by atoms with Crippen LogP contribution in [0.4, 0.5) is 0 Å². The highest BCUT2D eigenvalue weighted by molar-refractivity contribution is 5.95. The van der Waals surface area contributed by atoms with E-state index in [1.54, 1.807) is 13.2 Å². The molecule has 6 heteroatoms. The molecule has 2 atom stereocenters. The fraction of sp³-hybridized carbons (Fsp3) is 0.611. The molecule has 5 nitrogen and oxygen atoms in total. The van der Waals surface area contributed by atoms with Crippen molar-refractivity contribution in [3.8, 4) is 11.5 Å². The molecule has 1 amide bonds. The van der Waals surface area contributed by atoms with Crippen LogP contribution in [0.5, 0.6) is 11.5 Å². The van der Waals surface area contributed by atoms with Crippen LogP contribution in [-0.2, 0) is 0 Å². The van der Waals surface area contributed by atoms with Crippen LogP contribution < -0.4 is 14.8 Å². The predicted octanol–water partition coefficient (Wildman–Crippen LogP) is 2.87. The summed E-state index contributed by atoms with van der Waals surface area (Å²) >= 11 is 0. The molecule has 2 aliphatic heterocycles. The molecule has 134 valence electrons. The van der Waals surface area contributed by atoms with Crippen molar-refractivity contribution < 1.29 is 14.3 Å². The number of carbonyl (C=O) groups is 1. The van der Waals surface area contributed by atoms with E-state index in [2.05, 4.69) is 10.2 Å². The number of nitrogens with one attached hydrogen (secondary N) is 1. The number of fused-ring (bicyclic) bond motifs is 2.